The van der Waals surface area contributed by atoms with Crippen molar-refractivity contribution in [2.45, 2.75) is 39.3 Å². The second-order valence-corrected chi connectivity index (χ2v) is 7.04. The van der Waals surface area contributed by atoms with Crippen LogP contribution in [0.5, 0.6) is 0 Å². The van der Waals surface area contributed by atoms with Gasteiger partial charge in [-0.2, -0.15) is 5.10 Å². The molecular weight excluding hydrogens is 451 g/mol. The lowest BCUT2D eigenvalue weighted by Crippen LogP contribution is -2.51. The van der Waals surface area contributed by atoms with Gasteiger partial charge in [-0.15, -0.1) is 24.0 Å². The van der Waals surface area contributed by atoms with Crippen LogP contribution in [0, 0.1) is 13.8 Å². The average molecular weight is 482 g/mol. The third-order valence-corrected chi connectivity index (χ3v) is 4.78. The number of hydrogen-bond acceptors (Lipinski definition) is 3. The summed E-state index contributed by atoms with van der Waals surface area (Å²) in [4.78, 5) is 6.83. The van der Waals surface area contributed by atoms with Gasteiger partial charge in [0, 0.05) is 44.6 Å². The van der Waals surface area contributed by atoms with Crippen LogP contribution >= 0.6 is 24.0 Å². The van der Waals surface area contributed by atoms with Gasteiger partial charge < -0.3 is 15.5 Å². The highest BCUT2D eigenvalue weighted by Gasteiger charge is 2.20. The number of guanidine groups is 1. The highest BCUT2D eigenvalue weighted by molar-refractivity contribution is 14.0. The van der Waals surface area contributed by atoms with Crippen LogP contribution in [0.4, 0.5) is 5.69 Å². The maximum atomic E-state index is 4.37. The number of hydrogen-bond donors (Lipinski definition) is 2. The third-order valence-electron chi connectivity index (χ3n) is 4.78. The lowest BCUT2D eigenvalue weighted by Gasteiger charge is -2.35. The number of nitrogens with one attached hydrogen (secondary N) is 2. The summed E-state index contributed by atoms with van der Waals surface area (Å²) >= 11 is 0. The van der Waals surface area contributed by atoms with E-state index in [0.717, 1.165) is 32.1 Å². The first-order valence-corrected chi connectivity index (χ1v) is 9.42. The van der Waals surface area contributed by atoms with Crippen molar-refractivity contribution >= 4 is 35.6 Å². The molecular formula is C20H31IN6. The lowest BCUT2D eigenvalue weighted by molar-refractivity contribution is 0.466. The van der Waals surface area contributed by atoms with Gasteiger partial charge in [0.1, 0.15) is 0 Å². The molecule has 1 aliphatic heterocycles. The predicted octanol–water partition coefficient (Wildman–Crippen LogP) is 2.95. The minimum Gasteiger partial charge on any atom is -0.369 e. The van der Waals surface area contributed by atoms with Gasteiger partial charge in [-0.1, -0.05) is 17.7 Å². The van der Waals surface area contributed by atoms with E-state index in [9.17, 15) is 0 Å². The normalized spacial score (nSPS) is 17.4. The summed E-state index contributed by atoms with van der Waals surface area (Å²) < 4.78 is 1.95. The highest BCUT2D eigenvalue weighted by Crippen LogP contribution is 2.20. The molecule has 3 rings (SSSR count). The van der Waals surface area contributed by atoms with E-state index >= 15 is 0 Å². The molecule has 1 fully saturated rings. The van der Waals surface area contributed by atoms with E-state index in [1.54, 1.807) is 0 Å². The highest BCUT2D eigenvalue weighted by atomic mass is 127. The molecule has 0 radical (unpaired) electrons. The number of aromatic nitrogens is 2. The summed E-state index contributed by atoms with van der Waals surface area (Å²) in [5.74, 6) is 0.865. The van der Waals surface area contributed by atoms with Gasteiger partial charge >= 0.3 is 0 Å². The van der Waals surface area contributed by atoms with Crippen LogP contribution < -0.4 is 15.5 Å². The molecule has 6 nitrogen and oxygen atoms in total. The Labute approximate surface area is 179 Å². The molecule has 148 valence electrons. The molecule has 2 heterocycles. The molecule has 0 aliphatic carbocycles. The number of piperidine rings is 1. The summed E-state index contributed by atoms with van der Waals surface area (Å²) in [6, 6.07) is 9.21. The van der Waals surface area contributed by atoms with Crippen molar-refractivity contribution in [1.82, 2.24) is 20.4 Å². The van der Waals surface area contributed by atoms with Gasteiger partial charge in [0.25, 0.3) is 0 Å². The van der Waals surface area contributed by atoms with Crippen LogP contribution in [0.25, 0.3) is 0 Å². The van der Waals surface area contributed by atoms with Crippen LogP contribution in [0.3, 0.4) is 0 Å². The minimum absolute atomic E-state index is 0. The lowest BCUT2D eigenvalue weighted by atomic mass is 10.0. The van der Waals surface area contributed by atoms with E-state index in [-0.39, 0.29) is 24.0 Å². The molecule has 1 aromatic heterocycles. The molecule has 2 N–H and O–H groups in total. The van der Waals surface area contributed by atoms with Gasteiger partial charge in [0.2, 0.25) is 0 Å². The second-order valence-electron chi connectivity index (χ2n) is 7.04. The summed E-state index contributed by atoms with van der Waals surface area (Å²) in [5, 5.41) is 11.3. The summed E-state index contributed by atoms with van der Waals surface area (Å²) in [6.45, 7) is 7.93. The number of nitrogens with zero attached hydrogens (tertiary/aromatic N) is 4. The zero-order valence-electron chi connectivity index (χ0n) is 16.5. The van der Waals surface area contributed by atoms with Crippen molar-refractivity contribution in [1.29, 1.82) is 0 Å². The van der Waals surface area contributed by atoms with E-state index < -0.39 is 0 Å². The zero-order chi connectivity index (χ0) is 18.4. The van der Waals surface area contributed by atoms with Gasteiger partial charge in [-0.25, -0.2) is 0 Å². The van der Waals surface area contributed by atoms with E-state index in [4.69, 9.17) is 0 Å². The van der Waals surface area contributed by atoms with Crippen molar-refractivity contribution in [3.8, 4) is 0 Å². The Kier molecular flexibility index (Phi) is 8.40. The van der Waals surface area contributed by atoms with E-state index in [1.807, 2.05) is 17.9 Å². The van der Waals surface area contributed by atoms with Crippen LogP contribution in [0.15, 0.2) is 41.7 Å². The Morgan fingerprint density at radius 2 is 2.00 bits per heavy atom. The Morgan fingerprint density at radius 3 is 2.67 bits per heavy atom. The van der Waals surface area contributed by atoms with Gasteiger partial charge in [-0.3, -0.25) is 9.67 Å². The topological polar surface area (TPSA) is 57.5 Å². The van der Waals surface area contributed by atoms with Gasteiger partial charge in [-0.05, 0) is 44.4 Å². The Hall–Kier alpha value is -1.77. The molecule has 2 aromatic rings. The maximum Gasteiger partial charge on any atom is 0.191 e. The van der Waals surface area contributed by atoms with E-state index in [1.165, 1.54) is 29.7 Å². The number of rotatable bonds is 5. The van der Waals surface area contributed by atoms with Crippen LogP contribution in [-0.2, 0) is 6.54 Å². The first kappa shape index (κ1) is 21.5. The fourth-order valence-electron chi connectivity index (χ4n) is 3.35. The smallest absolute Gasteiger partial charge is 0.191 e. The molecule has 0 bridgehead atoms. The van der Waals surface area contributed by atoms with E-state index in [2.05, 4.69) is 69.9 Å². The number of aliphatic imine (C=N–C) groups is 1. The van der Waals surface area contributed by atoms with Crippen LogP contribution in [0.1, 0.15) is 24.0 Å². The van der Waals surface area contributed by atoms with Crippen LogP contribution in [0.2, 0.25) is 0 Å². The van der Waals surface area contributed by atoms with Crippen molar-refractivity contribution in [3.05, 3.63) is 47.8 Å². The molecule has 0 spiro atoms. The molecule has 7 heteroatoms. The fourth-order valence-corrected chi connectivity index (χ4v) is 3.35. The quantitative estimate of drug-likeness (QED) is 0.391. The molecule has 0 amide bonds. The summed E-state index contributed by atoms with van der Waals surface area (Å²) in [6.07, 6.45) is 6.30. The summed E-state index contributed by atoms with van der Waals surface area (Å²) in [5.41, 5.74) is 3.79. The number of anilines is 1. The largest absolute Gasteiger partial charge is 0.369 e. The molecule has 1 aliphatic rings. The average Bonchev–Trinajstić information content (AvgIpc) is 3.07. The number of benzene rings is 1. The third kappa shape index (κ3) is 6.41. The molecule has 1 unspecified atom stereocenters. The van der Waals surface area contributed by atoms with Gasteiger partial charge in [0.05, 0.1) is 12.7 Å². The van der Waals surface area contributed by atoms with Crippen molar-refractivity contribution < 1.29 is 0 Å². The molecule has 1 saturated heterocycles. The first-order valence-electron chi connectivity index (χ1n) is 9.42. The maximum absolute atomic E-state index is 4.37. The fraction of sp³-hybridized carbons (Fsp3) is 0.500. The minimum atomic E-state index is 0. The second kappa shape index (κ2) is 10.5. The van der Waals surface area contributed by atoms with E-state index in [0.29, 0.717) is 6.04 Å². The van der Waals surface area contributed by atoms with Crippen molar-refractivity contribution in [3.63, 3.8) is 0 Å². The first-order chi connectivity index (χ1) is 12.6. The number of aryl methyl sites for hydroxylation is 2. The molecule has 1 aromatic carbocycles. The Morgan fingerprint density at radius 1 is 1.22 bits per heavy atom. The number of halogens is 1. The predicted molar refractivity (Wildman–Crippen MR) is 123 cm³/mol. The SMILES string of the molecule is CN=C(NCCn1cc(C)cn1)NC1CCCN(c2ccc(C)cc2)C1.I. The standard InChI is InChI=1S/C20H30N6.HI/c1-16-6-8-19(9-7-16)25-11-4-5-18(15-25)24-20(21-3)22-10-12-26-14-17(2)13-23-26;/h6-9,13-14,18H,4-5,10-12,15H2,1-3H3,(H2,21,22,24);1H. The molecule has 27 heavy (non-hydrogen) atoms. The van der Waals surface area contributed by atoms with Gasteiger partial charge in [0.15, 0.2) is 5.96 Å². The van der Waals surface area contributed by atoms with Crippen LogP contribution in [-0.4, -0.2) is 48.5 Å². The summed E-state index contributed by atoms with van der Waals surface area (Å²) in [7, 11) is 1.83. The monoisotopic (exact) mass is 482 g/mol. The van der Waals surface area contributed by atoms with Crippen molar-refractivity contribution in [2.75, 3.05) is 31.6 Å². The Balaban J connectivity index is 0.00000261. The zero-order valence-corrected chi connectivity index (χ0v) is 18.8. The van der Waals surface area contributed by atoms with Crippen molar-refractivity contribution in [2.24, 2.45) is 4.99 Å². The molecule has 0 saturated carbocycles. The Bertz CT molecular complexity index is 724. The molecule has 1 atom stereocenters.